The molecular formula is C16H20N4O2. The molecule has 0 spiro atoms. The van der Waals surface area contributed by atoms with Gasteiger partial charge >= 0.3 is 0 Å². The second-order valence-corrected chi connectivity index (χ2v) is 5.57. The molecule has 116 valence electrons. The molecule has 2 aromatic rings. The first-order valence-corrected chi connectivity index (χ1v) is 7.48. The molecule has 1 amide bonds. The highest BCUT2D eigenvalue weighted by Crippen LogP contribution is 2.23. The molecule has 0 radical (unpaired) electrons. The zero-order valence-corrected chi connectivity index (χ0v) is 12.9. The summed E-state index contributed by atoms with van der Waals surface area (Å²) in [7, 11) is 0. The maximum Gasteiger partial charge on any atom is 0.227 e. The Kier molecular flexibility index (Phi) is 4.20. The third-order valence-corrected chi connectivity index (χ3v) is 4.14. The van der Waals surface area contributed by atoms with E-state index < -0.39 is 0 Å². The molecule has 1 aliphatic rings. The lowest BCUT2D eigenvalue weighted by molar-refractivity contribution is -0.133. The van der Waals surface area contributed by atoms with Crippen molar-refractivity contribution < 1.29 is 9.32 Å². The summed E-state index contributed by atoms with van der Waals surface area (Å²) in [5.41, 5.74) is 2.74. The molecule has 0 bridgehead atoms. The van der Waals surface area contributed by atoms with Gasteiger partial charge in [-0.25, -0.2) is 0 Å². The molecule has 0 aliphatic carbocycles. The number of nitrogens with one attached hydrogen (secondary N) is 1. The van der Waals surface area contributed by atoms with E-state index in [0.717, 1.165) is 35.7 Å². The summed E-state index contributed by atoms with van der Waals surface area (Å²) in [4.78, 5) is 18.9. The van der Waals surface area contributed by atoms with E-state index in [2.05, 4.69) is 15.5 Å². The highest BCUT2D eigenvalue weighted by atomic mass is 16.5. The number of hydrogen-bond donors (Lipinski definition) is 1. The molecule has 1 fully saturated rings. The Morgan fingerprint density at radius 1 is 1.50 bits per heavy atom. The molecule has 22 heavy (non-hydrogen) atoms. The minimum Gasteiger partial charge on any atom is -0.361 e. The molecule has 0 aromatic carbocycles. The smallest absolute Gasteiger partial charge is 0.227 e. The van der Waals surface area contributed by atoms with Gasteiger partial charge in [0.15, 0.2) is 0 Å². The van der Waals surface area contributed by atoms with Crippen molar-refractivity contribution in [3.63, 3.8) is 0 Å². The zero-order valence-electron chi connectivity index (χ0n) is 12.9. The summed E-state index contributed by atoms with van der Waals surface area (Å²) in [6.07, 6.45) is 3.90. The Bertz CT molecular complexity index is 634. The average Bonchev–Trinajstić information content (AvgIpc) is 2.87. The van der Waals surface area contributed by atoms with Crippen LogP contribution < -0.4 is 5.32 Å². The van der Waals surface area contributed by atoms with Crippen molar-refractivity contribution >= 4 is 5.91 Å². The molecule has 1 atom stereocenters. The van der Waals surface area contributed by atoms with Crippen molar-refractivity contribution in [3.8, 4) is 0 Å². The van der Waals surface area contributed by atoms with Gasteiger partial charge in [-0.1, -0.05) is 11.2 Å². The van der Waals surface area contributed by atoms with Crippen LogP contribution in [0.25, 0.3) is 0 Å². The highest BCUT2D eigenvalue weighted by Gasteiger charge is 2.29. The summed E-state index contributed by atoms with van der Waals surface area (Å²) in [5.74, 6) is 0.823. The van der Waals surface area contributed by atoms with E-state index >= 15 is 0 Å². The van der Waals surface area contributed by atoms with Crippen LogP contribution in [-0.4, -0.2) is 40.6 Å². The molecule has 0 saturated carbocycles. The number of piperazine rings is 1. The van der Waals surface area contributed by atoms with E-state index in [-0.39, 0.29) is 11.9 Å². The summed E-state index contributed by atoms with van der Waals surface area (Å²) in [6.45, 7) is 5.97. The van der Waals surface area contributed by atoms with Gasteiger partial charge in [-0.15, -0.1) is 0 Å². The summed E-state index contributed by atoms with van der Waals surface area (Å²) < 4.78 is 5.15. The van der Waals surface area contributed by atoms with E-state index in [4.69, 9.17) is 4.52 Å². The minimum absolute atomic E-state index is 0.0235. The van der Waals surface area contributed by atoms with E-state index in [1.165, 1.54) is 0 Å². The van der Waals surface area contributed by atoms with Crippen LogP contribution in [0.2, 0.25) is 0 Å². The van der Waals surface area contributed by atoms with Crippen molar-refractivity contribution in [1.29, 1.82) is 0 Å². The van der Waals surface area contributed by atoms with Crippen molar-refractivity contribution in [1.82, 2.24) is 20.4 Å². The van der Waals surface area contributed by atoms with Crippen molar-refractivity contribution in [2.45, 2.75) is 26.3 Å². The first kappa shape index (κ1) is 14.7. The van der Waals surface area contributed by atoms with Crippen molar-refractivity contribution in [2.75, 3.05) is 19.6 Å². The number of aryl methyl sites for hydroxylation is 2. The van der Waals surface area contributed by atoms with Gasteiger partial charge < -0.3 is 14.7 Å². The molecule has 1 unspecified atom stereocenters. The molecule has 1 N–H and O–H groups in total. The van der Waals surface area contributed by atoms with Gasteiger partial charge in [-0.2, -0.15) is 0 Å². The Balaban J connectivity index is 1.80. The Hall–Kier alpha value is -2.21. The summed E-state index contributed by atoms with van der Waals surface area (Å²) in [5, 5.41) is 7.27. The van der Waals surface area contributed by atoms with Crippen LogP contribution in [0.4, 0.5) is 0 Å². The second kappa shape index (κ2) is 6.27. The largest absolute Gasteiger partial charge is 0.361 e. The third-order valence-electron chi connectivity index (χ3n) is 4.14. The lowest BCUT2D eigenvalue weighted by Crippen LogP contribution is -2.49. The number of nitrogens with zero attached hydrogens (tertiary/aromatic N) is 3. The first-order chi connectivity index (χ1) is 10.7. The lowest BCUT2D eigenvalue weighted by atomic mass is 10.0. The van der Waals surface area contributed by atoms with E-state index in [1.807, 2.05) is 37.1 Å². The second-order valence-electron chi connectivity index (χ2n) is 5.57. The predicted octanol–water partition coefficient (Wildman–Crippen LogP) is 1.40. The fourth-order valence-electron chi connectivity index (χ4n) is 2.88. The van der Waals surface area contributed by atoms with Crippen LogP contribution in [0.5, 0.6) is 0 Å². The van der Waals surface area contributed by atoms with Crippen LogP contribution >= 0.6 is 0 Å². The van der Waals surface area contributed by atoms with Crippen LogP contribution in [-0.2, 0) is 11.2 Å². The monoisotopic (exact) mass is 300 g/mol. The minimum atomic E-state index is 0.0235. The third kappa shape index (κ3) is 2.87. The normalized spacial score (nSPS) is 18.5. The van der Waals surface area contributed by atoms with Gasteiger partial charge in [-0.3, -0.25) is 9.78 Å². The van der Waals surface area contributed by atoms with Gasteiger partial charge in [0.05, 0.1) is 18.2 Å². The Labute approximate surface area is 129 Å². The van der Waals surface area contributed by atoms with Gasteiger partial charge in [0.1, 0.15) is 5.76 Å². The maximum atomic E-state index is 12.8. The fraction of sp³-hybridized carbons (Fsp3) is 0.438. The average molecular weight is 300 g/mol. The molecule has 1 saturated heterocycles. The maximum absolute atomic E-state index is 12.8. The Morgan fingerprint density at radius 3 is 3.05 bits per heavy atom. The lowest BCUT2D eigenvalue weighted by Gasteiger charge is -2.36. The fourth-order valence-corrected chi connectivity index (χ4v) is 2.88. The number of rotatable bonds is 3. The zero-order chi connectivity index (χ0) is 15.5. The van der Waals surface area contributed by atoms with Crippen LogP contribution in [0, 0.1) is 13.8 Å². The quantitative estimate of drug-likeness (QED) is 0.928. The predicted molar refractivity (Wildman–Crippen MR) is 81.2 cm³/mol. The first-order valence-electron chi connectivity index (χ1n) is 7.48. The van der Waals surface area contributed by atoms with E-state index in [1.54, 1.807) is 6.20 Å². The number of pyridine rings is 1. The molecular weight excluding hydrogens is 280 g/mol. The molecule has 6 nitrogen and oxygen atoms in total. The van der Waals surface area contributed by atoms with Crippen LogP contribution in [0.1, 0.15) is 28.6 Å². The molecule has 3 rings (SSSR count). The van der Waals surface area contributed by atoms with E-state index in [0.29, 0.717) is 13.0 Å². The van der Waals surface area contributed by atoms with Crippen molar-refractivity contribution in [3.05, 3.63) is 47.1 Å². The van der Waals surface area contributed by atoms with Crippen LogP contribution in [0.3, 0.4) is 0 Å². The number of amides is 1. The number of carbonyl (C=O) groups is 1. The molecule has 2 aromatic heterocycles. The van der Waals surface area contributed by atoms with Crippen LogP contribution in [0.15, 0.2) is 29.0 Å². The van der Waals surface area contributed by atoms with Crippen molar-refractivity contribution in [2.24, 2.45) is 0 Å². The number of aromatic nitrogens is 2. The Morgan fingerprint density at radius 2 is 2.36 bits per heavy atom. The standard InChI is InChI=1S/C16H20N4O2/c1-11-14(12(2)22-19-11)8-16(21)20-7-6-18-10-15(20)13-4-3-5-17-9-13/h3-5,9,15,18H,6-8,10H2,1-2H3. The highest BCUT2D eigenvalue weighted by molar-refractivity contribution is 5.80. The number of carbonyl (C=O) groups excluding carboxylic acids is 1. The molecule has 3 heterocycles. The van der Waals surface area contributed by atoms with Gasteiger partial charge in [-0.05, 0) is 25.5 Å². The summed E-state index contributed by atoms with van der Waals surface area (Å²) >= 11 is 0. The number of hydrogen-bond acceptors (Lipinski definition) is 5. The van der Waals surface area contributed by atoms with Gasteiger partial charge in [0.2, 0.25) is 5.91 Å². The summed E-state index contributed by atoms with van der Waals surface area (Å²) in [6, 6.07) is 3.94. The van der Waals surface area contributed by atoms with E-state index in [9.17, 15) is 4.79 Å². The SMILES string of the molecule is Cc1noc(C)c1CC(=O)N1CCNCC1c1cccnc1. The molecule has 1 aliphatic heterocycles. The molecule has 6 heteroatoms. The van der Waals surface area contributed by atoms with Gasteiger partial charge in [0, 0.05) is 37.6 Å². The topological polar surface area (TPSA) is 71.3 Å². The van der Waals surface area contributed by atoms with Gasteiger partial charge in [0.25, 0.3) is 0 Å².